The zero-order valence-corrected chi connectivity index (χ0v) is 21.6. The molecular formula is C24H30N6O4S. The molecule has 1 aromatic rings. The van der Waals surface area contributed by atoms with Crippen LogP contribution >= 0.6 is 11.9 Å². The predicted molar refractivity (Wildman–Crippen MR) is 134 cm³/mol. The molecule has 0 fully saturated rings. The third kappa shape index (κ3) is 5.25. The third-order valence-corrected chi connectivity index (χ3v) is 6.29. The van der Waals surface area contributed by atoms with E-state index in [0.717, 1.165) is 39.3 Å². The van der Waals surface area contributed by atoms with Crippen molar-refractivity contribution in [2.45, 2.75) is 58.9 Å². The number of aliphatic hydroxyl groups excluding tert-OH is 1. The Labute approximate surface area is 208 Å². The number of aliphatic hydroxyl groups is 1. The maximum absolute atomic E-state index is 12.6. The number of amidine groups is 1. The van der Waals surface area contributed by atoms with Gasteiger partial charge in [-0.15, -0.1) is 0 Å². The Bertz CT molecular complexity index is 1260. The highest BCUT2D eigenvalue weighted by molar-refractivity contribution is 7.97. The summed E-state index contributed by atoms with van der Waals surface area (Å²) >= 11 is 1.31. The molecule has 186 valence electrons. The smallest absolute Gasteiger partial charge is 0.413 e. The number of ether oxygens (including phenoxy) is 2. The number of carbonyl (C=O) groups is 1. The number of amides is 1. The summed E-state index contributed by atoms with van der Waals surface area (Å²) in [5, 5.41) is 21.9. The third-order valence-electron chi connectivity index (χ3n) is 5.56. The van der Waals surface area contributed by atoms with Crippen LogP contribution in [0.3, 0.4) is 0 Å². The summed E-state index contributed by atoms with van der Waals surface area (Å²) in [5.74, 6) is 1.66. The van der Waals surface area contributed by atoms with Crippen molar-refractivity contribution in [1.29, 1.82) is 0 Å². The van der Waals surface area contributed by atoms with Crippen LogP contribution in [0.2, 0.25) is 0 Å². The van der Waals surface area contributed by atoms with Crippen LogP contribution in [-0.2, 0) is 23.5 Å². The Hall–Kier alpha value is -3.18. The van der Waals surface area contributed by atoms with Gasteiger partial charge in [-0.25, -0.2) is 4.79 Å². The van der Waals surface area contributed by atoms with Gasteiger partial charge in [-0.2, -0.15) is 19.4 Å². The number of rotatable bonds is 5. The van der Waals surface area contributed by atoms with Crippen molar-refractivity contribution in [2.24, 2.45) is 4.40 Å². The number of hydrogen-bond donors (Lipinski definition) is 2. The van der Waals surface area contributed by atoms with Crippen molar-refractivity contribution >= 4 is 23.9 Å². The largest absolute Gasteiger partial charge is 0.496 e. The fourth-order valence-corrected chi connectivity index (χ4v) is 4.88. The first-order valence-electron chi connectivity index (χ1n) is 11.3. The molecule has 0 aromatic carbocycles. The topological polar surface area (TPSA) is 124 Å². The lowest BCUT2D eigenvalue weighted by Crippen LogP contribution is -2.37. The molecule has 3 heterocycles. The number of hydrogen-bond acceptors (Lipinski definition) is 9. The fraction of sp³-hybridized carbons (Fsp3) is 0.458. The number of alkyl carbamates (subject to hydrolysis) is 1. The van der Waals surface area contributed by atoms with Crippen LogP contribution in [0.1, 0.15) is 54.4 Å². The minimum atomic E-state index is -0.656. The molecule has 0 saturated carbocycles. The first kappa shape index (κ1) is 24.9. The molecule has 1 aromatic heterocycles. The maximum atomic E-state index is 12.6. The Balaban J connectivity index is 1.80. The Morgan fingerprint density at radius 1 is 1.29 bits per heavy atom. The minimum Gasteiger partial charge on any atom is -0.496 e. The van der Waals surface area contributed by atoms with E-state index in [9.17, 15) is 9.90 Å². The average Bonchev–Trinajstić information content (AvgIpc) is 3.00. The highest BCUT2D eigenvalue weighted by Gasteiger charge is 2.30. The van der Waals surface area contributed by atoms with Crippen molar-refractivity contribution in [3.8, 4) is 17.0 Å². The van der Waals surface area contributed by atoms with Gasteiger partial charge in [0.25, 0.3) is 0 Å². The highest BCUT2D eigenvalue weighted by atomic mass is 32.2. The summed E-state index contributed by atoms with van der Waals surface area (Å²) in [6.07, 6.45) is 1.65. The van der Waals surface area contributed by atoms with E-state index < -0.39 is 11.7 Å². The van der Waals surface area contributed by atoms with Crippen LogP contribution in [0.25, 0.3) is 11.3 Å². The van der Waals surface area contributed by atoms with Gasteiger partial charge < -0.3 is 14.6 Å². The Morgan fingerprint density at radius 2 is 2.06 bits per heavy atom. The number of nitrogens with zero attached hydrogens (tertiary/aromatic N) is 5. The number of aromatic nitrogens is 4. The van der Waals surface area contributed by atoms with Gasteiger partial charge in [0.2, 0.25) is 0 Å². The quantitative estimate of drug-likeness (QED) is 0.513. The number of nitrogens with one attached hydrogen (secondary N) is 1. The number of methoxy groups -OCH3 is 1. The van der Waals surface area contributed by atoms with E-state index in [0.29, 0.717) is 35.9 Å². The van der Waals surface area contributed by atoms with E-state index in [-0.39, 0.29) is 6.61 Å². The summed E-state index contributed by atoms with van der Waals surface area (Å²) in [7, 11) is 1.64. The van der Waals surface area contributed by atoms with E-state index in [1.165, 1.54) is 11.9 Å². The summed E-state index contributed by atoms with van der Waals surface area (Å²) in [5.41, 5.74) is 6.01. The van der Waals surface area contributed by atoms with Gasteiger partial charge in [-0.3, -0.25) is 10.3 Å². The molecule has 0 bridgehead atoms. The van der Waals surface area contributed by atoms with Crippen LogP contribution in [-0.4, -0.2) is 56.3 Å². The molecule has 10 nitrogen and oxygen atoms in total. The molecule has 0 unspecified atom stereocenters. The van der Waals surface area contributed by atoms with E-state index in [4.69, 9.17) is 19.7 Å². The van der Waals surface area contributed by atoms with Gasteiger partial charge in [0.05, 0.1) is 18.5 Å². The molecule has 0 saturated heterocycles. The van der Waals surface area contributed by atoms with Crippen LogP contribution in [0.4, 0.5) is 4.79 Å². The molecule has 11 heteroatoms. The standard InChI is InChI=1S/C24H30N6O4S/c1-13-10-25-18(14(2)21(13)33-6)11-30-27-17-9-15(7-8-31)16-12-35-29-22(20(28-30)19(16)17)26-23(32)34-24(3,4)5/h9-10,31H,7-8,11-12H2,1-6H3,(H,26,29,32). The van der Waals surface area contributed by atoms with Crippen LogP contribution in [0.15, 0.2) is 16.7 Å². The molecule has 1 amide bonds. The van der Waals surface area contributed by atoms with Gasteiger partial charge in [0.15, 0.2) is 5.84 Å². The second-order valence-corrected chi connectivity index (χ2v) is 10.1. The molecule has 0 spiro atoms. The fourth-order valence-electron chi connectivity index (χ4n) is 4.09. The molecular weight excluding hydrogens is 468 g/mol. The first-order chi connectivity index (χ1) is 16.6. The second-order valence-electron chi connectivity index (χ2n) is 9.35. The predicted octanol–water partition coefficient (Wildman–Crippen LogP) is 3.42. The number of aryl methyl sites for hydroxylation is 1. The molecule has 4 rings (SSSR count). The summed E-state index contributed by atoms with van der Waals surface area (Å²) < 4.78 is 15.5. The van der Waals surface area contributed by atoms with Crippen LogP contribution in [0, 0.1) is 13.8 Å². The van der Waals surface area contributed by atoms with E-state index >= 15 is 0 Å². The SMILES string of the molecule is COc1c(C)cnc(Cn2nc3cc(CCO)c4c-3c(n2)C(NC(=O)OC(C)(C)C)=NSC4)c1C. The van der Waals surface area contributed by atoms with Gasteiger partial charge in [0, 0.05) is 35.2 Å². The zero-order valence-electron chi connectivity index (χ0n) is 20.8. The van der Waals surface area contributed by atoms with E-state index in [1.807, 2.05) is 19.9 Å². The van der Waals surface area contributed by atoms with Crippen molar-refractivity contribution in [3.63, 3.8) is 0 Å². The monoisotopic (exact) mass is 498 g/mol. The molecule has 0 radical (unpaired) electrons. The van der Waals surface area contributed by atoms with Crippen molar-refractivity contribution in [2.75, 3.05) is 13.7 Å². The van der Waals surface area contributed by atoms with Crippen LogP contribution in [0.5, 0.6) is 5.75 Å². The lowest BCUT2D eigenvalue weighted by molar-refractivity contribution is 0.0563. The van der Waals surface area contributed by atoms with Gasteiger partial charge in [-0.05, 0) is 70.2 Å². The Morgan fingerprint density at radius 3 is 2.74 bits per heavy atom. The number of carbonyl (C=O) groups excluding carboxylic acids is 1. The summed E-state index contributed by atoms with van der Waals surface area (Å²) in [6.45, 7) is 9.62. The molecule has 35 heavy (non-hydrogen) atoms. The van der Waals surface area contributed by atoms with E-state index in [1.54, 1.807) is 38.9 Å². The molecule has 2 aliphatic heterocycles. The lowest BCUT2D eigenvalue weighted by atomic mass is 10.1. The highest BCUT2D eigenvalue weighted by Crippen LogP contribution is 2.38. The second kappa shape index (κ2) is 9.82. The van der Waals surface area contributed by atoms with Gasteiger partial charge in [-0.1, -0.05) is 0 Å². The van der Waals surface area contributed by atoms with Crippen molar-refractivity contribution < 1.29 is 19.4 Å². The van der Waals surface area contributed by atoms with Crippen LogP contribution < -0.4 is 10.1 Å². The molecule has 1 aliphatic carbocycles. The zero-order chi connectivity index (χ0) is 25.3. The number of pyridine rings is 1. The molecule has 0 atom stereocenters. The normalized spacial score (nSPS) is 13.4. The molecule has 2 N–H and O–H groups in total. The van der Waals surface area contributed by atoms with Crippen molar-refractivity contribution in [1.82, 2.24) is 25.3 Å². The first-order valence-corrected chi connectivity index (χ1v) is 12.3. The maximum Gasteiger partial charge on any atom is 0.413 e. The van der Waals surface area contributed by atoms with Crippen molar-refractivity contribution in [3.05, 3.63) is 45.9 Å². The summed E-state index contributed by atoms with van der Waals surface area (Å²) in [4.78, 5) is 18.7. The van der Waals surface area contributed by atoms with Gasteiger partial charge >= 0.3 is 6.09 Å². The lowest BCUT2D eigenvalue weighted by Gasteiger charge is -2.20. The summed E-state index contributed by atoms with van der Waals surface area (Å²) in [6, 6.07) is 1.97. The molecule has 3 aliphatic rings. The van der Waals surface area contributed by atoms with E-state index in [2.05, 4.69) is 14.7 Å². The van der Waals surface area contributed by atoms with Gasteiger partial charge in [0.1, 0.15) is 23.6 Å². The Kier molecular flexibility index (Phi) is 7.00. The minimum absolute atomic E-state index is 0.0207. The average molecular weight is 499 g/mol.